The van der Waals surface area contributed by atoms with Crippen LogP contribution in [0.2, 0.25) is 0 Å². The number of hydrazone groups is 1. The van der Waals surface area contributed by atoms with Crippen LogP contribution in [0.3, 0.4) is 0 Å². The quantitative estimate of drug-likeness (QED) is 0.353. The molecule has 7 heteroatoms. The number of rotatable bonds is 4. The first-order valence-corrected chi connectivity index (χ1v) is 9.02. The summed E-state index contributed by atoms with van der Waals surface area (Å²) in [6.45, 7) is 0. The first-order chi connectivity index (χ1) is 14.5. The predicted molar refractivity (Wildman–Crippen MR) is 112 cm³/mol. The molecule has 0 saturated heterocycles. The highest BCUT2D eigenvalue weighted by Crippen LogP contribution is 2.25. The summed E-state index contributed by atoms with van der Waals surface area (Å²) in [5.41, 5.74) is 4.94. The van der Waals surface area contributed by atoms with Gasteiger partial charge in [-0.2, -0.15) is 5.10 Å². The summed E-state index contributed by atoms with van der Waals surface area (Å²) in [6, 6.07) is 18.7. The van der Waals surface area contributed by atoms with Crippen LogP contribution in [0, 0.1) is 5.82 Å². The number of nitrogens with zero attached hydrogens (tertiary/aromatic N) is 2. The van der Waals surface area contributed by atoms with Crippen LogP contribution in [0.1, 0.15) is 15.9 Å². The van der Waals surface area contributed by atoms with Crippen molar-refractivity contribution >= 4 is 23.0 Å². The molecule has 3 N–H and O–H groups in total. The summed E-state index contributed by atoms with van der Waals surface area (Å²) in [4.78, 5) is 17.4. The highest BCUT2D eigenvalue weighted by atomic mass is 19.1. The molecule has 1 heterocycles. The van der Waals surface area contributed by atoms with Crippen molar-refractivity contribution in [2.24, 2.45) is 5.10 Å². The van der Waals surface area contributed by atoms with Crippen molar-refractivity contribution in [1.82, 2.24) is 10.4 Å². The molecular formula is C23H16FN3O3. The van der Waals surface area contributed by atoms with Crippen molar-refractivity contribution in [3.63, 3.8) is 0 Å². The van der Waals surface area contributed by atoms with Gasteiger partial charge in [-0.05, 0) is 48.5 Å². The molecule has 4 rings (SSSR count). The molecule has 0 fully saturated rings. The third-order valence-corrected chi connectivity index (χ3v) is 4.48. The van der Waals surface area contributed by atoms with Gasteiger partial charge < -0.3 is 10.2 Å². The molecule has 0 aliphatic rings. The van der Waals surface area contributed by atoms with Gasteiger partial charge in [0.05, 0.1) is 23.0 Å². The standard InChI is InChI=1S/C23H16FN3O3/c24-16-8-5-14(6-9-16)21-12-19(18-3-1-2-4-20(18)26-21)23(30)27-25-13-15-7-10-17(28)11-22(15)29/h1-13,28-29H,(H,27,30)/b25-13+. The van der Waals surface area contributed by atoms with E-state index in [-0.39, 0.29) is 17.3 Å². The Morgan fingerprint density at radius 1 is 1.00 bits per heavy atom. The smallest absolute Gasteiger partial charge is 0.272 e. The van der Waals surface area contributed by atoms with E-state index in [9.17, 15) is 19.4 Å². The average Bonchev–Trinajstić information content (AvgIpc) is 2.75. The van der Waals surface area contributed by atoms with Crippen molar-refractivity contribution in [2.75, 3.05) is 0 Å². The van der Waals surface area contributed by atoms with Gasteiger partial charge in [-0.1, -0.05) is 18.2 Å². The molecule has 1 aromatic heterocycles. The molecule has 30 heavy (non-hydrogen) atoms. The maximum absolute atomic E-state index is 13.3. The van der Waals surface area contributed by atoms with E-state index in [0.29, 0.717) is 33.3 Å². The van der Waals surface area contributed by atoms with Crippen LogP contribution in [-0.4, -0.2) is 27.3 Å². The lowest BCUT2D eigenvalue weighted by atomic mass is 10.0. The Balaban J connectivity index is 1.67. The van der Waals surface area contributed by atoms with Crippen molar-refractivity contribution in [2.45, 2.75) is 0 Å². The summed E-state index contributed by atoms with van der Waals surface area (Å²) >= 11 is 0. The van der Waals surface area contributed by atoms with Gasteiger partial charge >= 0.3 is 0 Å². The number of hydrogen-bond donors (Lipinski definition) is 3. The molecule has 0 aliphatic carbocycles. The summed E-state index contributed by atoms with van der Waals surface area (Å²) in [6.07, 6.45) is 1.27. The Kier molecular flexibility index (Phi) is 5.09. The second-order valence-electron chi connectivity index (χ2n) is 6.52. The number of aromatic nitrogens is 1. The minimum absolute atomic E-state index is 0.0785. The van der Waals surface area contributed by atoms with Gasteiger partial charge in [0.1, 0.15) is 17.3 Å². The van der Waals surface area contributed by atoms with Crippen molar-refractivity contribution in [3.05, 3.63) is 89.7 Å². The normalized spacial score (nSPS) is 11.1. The number of para-hydroxylation sites is 1. The van der Waals surface area contributed by atoms with Gasteiger partial charge in [0.2, 0.25) is 0 Å². The number of fused-ring (bicyclic) bond motifs is 1. The summed E-state index contributed by atoms with van der Waals surface area (Å²) in [5.74, 6) is -1.07. The van der Waals surface area contributed by atoms with E-state index >= 15 is 0 Å². The second kappa shape index (κ2) is 8.00. The first-order valence-electron chi connectivity index (χ1n) is 9.02. The third kappa shape index (κ3) is 3.95. The molecule has 4 aromatic rings. The fraction of sp³-hybridized carbons (Fsp3) is 0. The number of carbonyl (C=O) groups is 1. The summed E-state index contributed by atoms with van der Waals surface area (Å²) in [5, 5.41) is 23.7. The van der Waals surface area contributed by atoms with Crippen LogP contribution in [0.5, 0.6) is 11.5 Å². The van der Waals surface area contributed by atoms with Crippen molar-refractivity contribution in [3.8, 4) is 22.8 Å². The average molecular weight is 401 g/mol. The van der Waals surface area contributed by atoms with Crippen molar-refractivity contribution < 1.29 is 19.4 Å². The molecule has 0 radical (unpaired) electrons. The molecule has 0 unspecified atom stereocenters. The van der Waals surface area contributed by atoms with Gasteiger partial charge in [-0.15, -0.1) is 0 Å². The third-order valence-electron chi connectivity index (χ3n) is 4.48. The lowest BCUT2D eigenvalue weighted by Gasteiger charge is -2.09. The fourth-order valence-corrected chi connectivity index (χ4v) is 2.99. The van der Waals surface area contributed by atoms with E-state index in [1.807, 2.05) is 6.07 Å². The highest BCUT2D eigenvalue weighted by molar-refractivity contribution is 6.07. The molecule has 6 nitrogen and oxygen atoms in total. The van der Waals surface area contributed by atoms with Crippen LogP contribution in [0.15, 0.2) is 77.9 Å². The maximum atomic E-state index is 13.3. The molecule has 0 aliphatic heterocycles. The highest BCUT2D eigenvalue weighted by Gasteiger charge is 2.13. The Morgan fingerprint density at radius 3 is 2.53 bits per heavy atom. The van der Waals surface area contributed by atoms with Crippen LogP contribution < -0.4 is 5.43 Å². The lowest BCUT2D eigenvalue weighted by Crippen LogP contribution is -2.18. The fourth-order valence-electron chi connectivity index (χ4n) is 2.99. The number of phenols is 2. The van der Waals surface area contributed by atoms with E-state index in [2.05, 4.69) is 15.5 Å². The van der Waals surface area contributed by atoms with E-state index in [1.165, 1.54) is 36.5 Å². The van der Waals surface area contributed by atoms with Crippen molar-refractivity contribution in [1.29, 1.82) is 0 Å². The zero-order valence-corrected chi connectivity index (χ0v) is 15.6. The molecule has 148 valence electrons. The summed E-state index contributed by atoms with van der Waals surface area (Å²) < 4.78 is 13.3. The van der Waals surface area contributed by atoms with E-state index in [1.54, 1.807) is 36.4 Å². The maximum Gasteiger partial charge on any atom is 0.272 e. The molecule has 3 aromatic carbocycles. The van der Waals surface area contributed by atoms with E-state index in [0.717, 1.165) is 0 Å². The minimum Gasteiger partial charge on any atom is -0.508 e. The largest absolute Gasteiger partial charge is 0.508 e. The number of hydrogen-bond acceptors (Lipinski definition) is 5. The summed E-state index contributed by atoms with van der Waals surface area (Å²) in [7, 11) is 0. The zero-order chi connectivity index (χ0) is 21.1. The van der Waals surface area contributed by atoms with Crippen LogP contribution in [-0.2, 0) is 0 Å². The van der Waals surface area contributed by atoms with E-state index < -0.39 is 5.91 Å². The Hall–Kier alpha value is -4.26. The number of pyridine rings is 1. The monoisotopic (exact) mass is 401 g/mol. The van der Waals surface area contributed by atoms with Gasteiger partial charge in [0.15, 0.2) is 0 Å². The molecule has 0 atom stereocenters. The lowest BCUT2D eigenvalue weighted by molar-refractivity contribution is 0.0956. The number of halogens is 1. The molecule has 0 spiro atoms. The van der Waals surface area contributed by atoms with Crippen LogP contribution in [0.25, 0.3) is 22.2 Å². The second-order valence-corrected chi connectivity index (χ2v) is 6.52. The van der Waals surface area contributed by atoms with Gasteiger partial charge in [-0.25, -0.2) is 14.8 Å². The molecule has 0 saturated carbocycles. The number of carbonyl (C=O) groups excluding carboxylic acids is 1. The Morgan fingerprint density at radius 2 is 1.77 bits per heavy atom. The van der Waals surface area contributed by atoms with Gasteiger partial charge in [0.25, 0.3) is 5.91 Å². The van der Waals surface area contributed by atoms with Gasteiger partial charge in [-0.3, -0.25) is 4.79 Å². The number of nitrogens with one attached hydrogen (secondary N) is 1. The topological polar surface area (TPSA) is 94.8 Å². The number of aromatic hydroxyl groups is 2. The number of phenolic OH excluding ortho intramolecular Hbond substituents is 2. The SMILES string of the molecule is O=C(N/N=C/c1ccc(O)cc1O)c1cc(-c2ccc(F)cc2)nc2ccccc12. The zero-order valence-electron chi connectivity index (χ0n) is 15.6. The first kappa shape index (κ1) is 19.1. The van der Waals surface area contributed by atoms with Crippen LogP contribution in [0.4, 0.5) is 4.39 Å². The Bertz CT molecular complexity index is 1270. The predicted octanol–water partition coefficient (Wildman–Crippen LogP) is 4.22. The minimum atomic E-state index is -0.466. The van der Waals surface area contributed by atoms with E-state index in [4.69, 9.17) is 0 Å². The molecular weight excluding hydrogens is 385 g/mol. The molecule has 1 amide bonds. The number of amides is 1. The van der Waals surface area contributed by atoms with Crippen LogP contribution >= 0.6 is 0 Å². The van der Waals surface area contributed by atoms with Gasteiger partial charge in [0, 0.05) is 22.6 Å². The Labute approximate surface area is 171 Å². The number of benzene rings is 3. The molecule has 0 bridgehead atoms.